The average Bonchev–Trinajstić information content (AvgIpc) is 2.78. The van der Waals surface area contributed by atoms with E-state index >= 15 is 0 Å². The summed E-state index contributed by atoms with van der Waals surface area (Å²) < 4.78 is 0. The third-order valence-corrected chi connectivity index (χ3v) is 2.88. The first-order valence-corrected chi connectivity index (χ1v) is 5.65. The van der Waals surface area contributed by atoms with Gasteiger partial charge in [0.2, 0.25) is 0 Å². The van der Waals surface area contributed by atoms with Crippen molar-refractivity contribution < 1.29 is 9.90 Å². The molecule has 1 aromatic rings. The van der Waals surface area contributed by atoms with Gasteiger partial charge in [0.1, 0.15) is 11.9 Å². The second kappa shape index (κ2) is 4.88. The number of nitrogens with one attached hydrogen (secondary N) is 1. The second-order valence-corrected chi connectivity index (χ2v) is 4.28. The van der Waals surface area contributed by atoms with Crippen LogP contribution in [-0.4, -0.2) is 22.1 Å². The highest BCUT2D eigenvalue weighted by Gasteiger charge is 2.24. The minimum atomic E-state index is -0.826. The lowest BCUT2D eigenvalue weighted by molar-refractivity contribution is -0.140. The molecule has 0 saturated heterocycles. The van der Waals surface area contributed by atoms with E-state index in [1.807, 2.05) is 13.0 Å². The molecule has 1 aliphatic carbocycles. The van der Waals surface area contributed by atoms with Crippen LogP contribution in [0.2, 0.25) is 0 Å². The Morgan fingerprint density at radius 2 is 2.33 bits per heavy atom. The van der Waals surface area contributed by atoms with Crippen molar-refractivity contribution in [2.24, 2.45) is 5.92 Å². The molecule has 5 nitrogen and oxygen atoms in total. The number of carboxylic acid groups (broad SMARTS) is 1. The van der Waals surface area contributed by atoms with E-state index in [1.54, 1.807) is 18.2 Å². The molecule has 1 aromatic heterocycles. The lowest BCUT2D eigenvalue weighted by Gasteiger charge is -2.14. The zero-order chi connectivity index (χ0) is 13.1. The summed E-state index contributed by atoms with van der Waals surface area (Å²) in [5.74, 6) is -0.774. The van der Waals surface area contributed by atoms with Gasteiger partial charge < -0.3 is 10.4 Å². The van der Waals surface area contributed by atoms with Gasteiger partial charge in [0.25, 0.3) is 0 Å². The van der Waals surface area contributed by atoms with Crippen LogP contribution in [0.5, 0.6) is 0 Å². The monoisotopic (exact) mass is 243 g/mol. The Labute approximate surface area is 105 Å². The van der Waals surface area contributed by atoms with E-state index in [9.17, 15) is 4.79 Å². The minimum Gasteiger partial charge on any atom is -0.481 e. The Morgan fingerprint density at radius 1 is 1.56 bits per heavy atom. The van der Waals surface area contributed by atoms with Gasteiger partial charge in [0.05, 0.1) is 11.5 Å². The first kappa shape index (κ1) is 12.1. The highest BCUT2D eigenvalue weighted by atomic mass is 16.4. The maximum Gasteiger partial charge on any atom is 0.310 e. The van der Waals surface area contributed by atoms with Crippen LogP contribution in [0.25, 0.3) is 0 Å². The van der Waals surface area contributed by atoms with Crippen LogP contribution in [0.1, 0.15) is 17.7 Å². The van der Waals surface area contributed by atoms with Crippen LogP contribution in [0.4, 0.5) is 5.82 Å². The standard InChI is InChI=1S/C13H13N3O2/c1-8-2-3-10(7-14)12(15-8)16-11-5-4-9(6-11)13(17)18/h2-5,9,11H,6H2,1H3,(H,15,16)(H,17,18). The van der Waals surface area contributed by atoms with Gasteiger partial charge >= 0.3 is 5.97 Å². The number of hydrogen-bond acceptors (Lipinski definition) is 4. The zero-order valence-corrected chi connectivity index (χ0v) is 9.92. The number of aliphatic carboxylic acids is 1. The SMILES string of the molecule is Cc1ccc(C#N)c(NC2C=CC(C(=O)O)C2)n1. The Kier molecular flexibility index (Phi) is 3.28. The lowest BCUT2D eigenvalue weighted by atomic mass is 10.1. The maximum atomic E-state index is 10.8. The summed E-state index contributed by atoms with van der Waals surface area (Å²) in [5.41, 5.74) is 1.28. The van der Waals surface area contributed by atoms with Crippen LogP contribution >= 0.6 is 0 Å². The molecule has 2 rings (SSSR count). The van der Waals surface area contributed by atoms with E-state index in [2.05, 4.69) is 16.4 Å². The Bertz CT molecular complexity index is 546. The number of pyridine rings is 1. The van der Waals surface area contributed by atoms with E-state index in [0.29, 0.717) is 17.8 Å². The highest BCUT2D eigenvalue weighted by molar-refractivity contribution is 5.73. The van der Waals surface area contributed by atoms with Crippen molar-refractivity contribution in [1.82, 2.24) is 4.98 Å². The fourth-order valence-electron chi connectivity index (χ4n) is 1.92. The van der Waals surface area contributed by atoms with Crippen molar-refractivity contribution in [2.45, 2.75) is 19.4 Å². The lowest BCUT2D eigenvalue weighted by Crippen LogP contribution is -2.20. The molecule has 0 radical (unpaired) electrons. The van der Waals surface area contributed by atoms with Crippen molar-refractivity contribution in [3.8, 4) is 6.07 Å². The van der Waals surface area contributed by atoms with Gasteiger partial charge in [-0.25, -0.2) is 4.98 Å². The van der Waals surface area contributed by atoms with Gasteiger partial charge in [-0.1, -0.05) is 12.2 Å². The molecule has 2 atom stereocenters. The van der Waals surface area contributed by atoms with Crippen molar-refractivity contribution >= 4 is 11.8 Å². The predicted octanol–water partition coefficient (Wildman–Crippen LogP) is 1.70. The van der Waals surface area contributed by atoms with Crippen LogP contribution in [0.3, 0.4) is 0 Å². The van der Waals surface area contributed by atoms with Crippen LogP contribution in [-0.2, 0) is 4.79 Å². The molecular weight excluding hydrogens is 230 g/mol. The minimum absolute atomic E-state index is 0.0903. The first-order chi connectivity index (χ1) is 8.60. The van der Waals surface area contributed by atoms with Gasteiger partial charge in [-0.3, -0.25) is 4.79 Å². The summed E-state index contributed by atoms with van der Waals surface area (Å²) in [6, 6.07) is 5.45. The fraction of sp³-hybridized carbons (Fsp3) is 0.308. The second-order valence-electron chi connectivity index (χ2n) is 4.28. The first-order valence-electron chi connectivity index (χ1n) is 5.65. The topological polar surface area (TPSA) is 86.0 Å². The molecule has 1 aliphatic rings. The number of aromatic nitrogens is 1. The molecule has 0 saturated carbocycles. The summed E-state index contributed by atoms with van der Waals surface area (Å²) in [6.45, 7) is 1.84. The normalized spacial score (nSPS) is 21.6. The van der Waals surface area contributed by atoms with Gasteiger partial charge in [0, 0.05) is 11.7 Å². The Balaban J connectivity index is 2.12. The van der Waals surface area contributed by atoms with E-state index in [1.165, 1.54) is 0 Å². The molecule has 92 valence electrons. The fourth-order valence-corrected chi connectivity index (χ4v) is 1.92. The predicted molar refractivity (Wildman–Crippen MR) is 66.0 cm³/mol. The van der Waals surface area contributed by atoms with Gasteiger partial charge in [0.15, 0.2) is 0 Å². The maximum absolute atomic E-state index is 10.8. The molecule has 2 unspecified atom stereocenters. The smallest absolute Gasteiger partial charge is 0.310 e. The summed E-state index contributed by atoms with van der Waals surface area (Å²) in [4.78, 5) is 15.1. The van der Waals surface area contributed by atoms with Crippen molar-refractivity contribution in [1.29, 1.82) is 5.26 Å². The number of rotatable bonds is 3. The summed E-state index contributed by atoms with van der Waals surface area (Å²) in [7, 11) is 0. The van der Waals surface area contributed by atoms with Crippen molar-refractivity contribution in [2.75, 3.05) is 5.32 Å². The van der Waals surface area contributed by atoms with E-state index in [4.69, 9.17) is 10.4 Å². The Hall–Kier alpha value is -2.35. The highest BCUT2D eigenvalue weighted by Crippen LogP contribution is 2.22. The van der Waals surface area contributed by atoms with E-state index in [0.717, 1.165) is 5.69 Å². The van der Waals surface area contributed by atoms with Gasteiger partial charge in [-0.05, 0) is 25.5 Å². The van der Waals surface area contributed by atoms with Crippen molar-refractivity contribution in [3.63, 3.8) is 0 Å². The zero-order valence-electron chi connectivity index (χ0n) is 9.92. The molecular formula is C13H13N3O2. The molecule has 2 N–H and O–H groups in total. The number of carbonyl (C=O) groups is 1. The number of anilines is 1. The molecule has 0 aromatic carbocycles. The van der Waals surface area contributed by atoms with Crippen LogP contribution in [0.15, 0.2) is 24.3 Å². The number of nitrogens with zero attached hydrogens (tertiary/aromatic N) is 2. The summed E-state index contributed by atoms with van der Waals surface area (Å²) in [6.07, 6.45) is 3.96. The molecule has 0 aliphatic heterocycles. The van der Waals surface area contributed by atoms with Crippen LogP contribution in [0, 0.1) is 24.2 Å². The molecule has 0 amide bonds. The largest absolute Gasteiger partial charge is 0.481 e. The van der Waals surface area contributed by atoms with Gasteiger partial charge in [-0.15, -0.1) is 0 Å². The van der Waals surface area contributed by atoms with Crippen molar-refractivity contribution in [3.05, 3.63) is 35.5 Å². The van der Waals surface area contributed by atoms with E-state index < -0.39 is 11.9 Å². The summed E-state index contributed by atoms with van der Waals surface area (Å²) in [5, 5.41) is 21.0. The molecule has 0 spiro atoms. The third kappa shape index (κ3) is 2.48. The molecule has 0 bridgehead atoms. The summed E-state index contributed by atoms with van der Waals surface area (Å²) >= 11 is 0. The number of carboxylic acids is 1. The molecule has 5 heteroatoms. The Morgan fingerprint density at radius 3 is 2.94 bits per heavy atom. The van der Waals surface area contributed by atoms with E-state index in [-0.39, 0.29) is 6.04 Å². The molecule has 0 fully saturated rings. The quantitative estimate of drug-likeness (QED) is 0.789. The molecule has 18 heavy (non-hydrogen) atoms. The number of hydrogen-bond donors (Lipinski definition) is 2. The third-order valence-electron chi connectivity index (χ3n) is 2.88. The van der Waals surface area contributed by atoms with Crippen LogP contribution < -0.4 is 5.32 Å². The average molecular weight is 243 g/mol. The number of nitriles is 1. The number of aryl methyl sites for hydroxylation is 1. The van der Waals surface area contributed by atoms with Gasteiger partial charge in [-0.2, -0.15) is 5.26 Å². The molecule has 1 heterocycles.